The summed E-state index contributed by atoms with van der Waals surface area (Å²) in [6, 6.07) is 0. The number of aliphatic hydroxyl groups excluding tert-OH is 1. The van der Waals surface area contributed by atoms with Gasteiger partial charge in [0, 0.05) is 18.0 Å². The summed E-state index contributed by atoms with van der Waals surface area (Å²) in [5, 5.41) is 16.1. The van der Waals surface area contributed by atoms with Crippen LogP contribution < -0.4 is 5.73 Å². The van der Waals surface area contributed by atoms with Gasteiger partial charge < -0.3 is 10.8 Å². The number of nitrogen functional groups attached to an aromatic ring is 1. The molecule has 4 N–H and O–H groups in total. The molecule has 14 heavy (non-hydrogen) atoms. The van der Waals surface area contributed by atoms with Crippen LogP contribution in [0.2, 0.25) is 0 Å². The fraction of sp³-hybridized carbons (Fsp3) is 0.125. The highest BCUT2D eigenvalue weighted by Crippen LogP contribution is 2.22. The second-order valence-electron chi connectivity index (χ2n) is 2.77. The first-order valence-corrected chi connectivity index (χ1v) is 4.01. The van der Waals surface area contributed by atoms with Gasteiger partial charge in [-0.1, -0.05) is 0 Å². The maximum atomic E-state index is 9.82. The quantitative estimate of drug-likeness (QED) is 0.613. The molecule has 2 aromatic rings. The first-order valence-electron chi connectivity index (χ1n) is 4.01. The van der Waals surface area contributed by atoms with E-state index in [4.69, 9.17) is 5.73 Å². The summed E-state index contributed by atoms with van der Waals surface area (Å²) in [7, 11) is 0. The van der Waals surface area contributed by atoms with Gasteiger partial charge in [-0.2, -0.15) is 5.10 Å². The molecule has 0 saturated carbocycles. The van der Waals surface area contributed by atoms with Gasteiger partial charge in [0.15, 0.2) is 0 Å². The molecule has 1 atom stereocenters. The van der Waals surface area contributed by atoms with E-state index < -0.39 is 6.10 Å². The van der Waals surface area contributed by atoms with E-state index in [1.165, 1.54) is 24.8 Å². The number of aliphatic hydroxyl groups is 1. The average Bonchev–Trinajstić information content (AvgIpc) is 2.65. The molecule has 0 aliphatic rings. The van der Waals surface area contributed by atoms with Crippen LogP contribution in [0.25, 0.3) is 0 Å². The lowest BCUT2D eigenvalue weighted by molar-refractivity contribution is 0.215. The number of hydrogen-bond donors (Lipinski definition) is 3. The Hall–Kier alpha value is -1.95. The molecule has 0 radical (unpaired) electrons. The highest BCUT2D eigenvalue weighted by atomic mass is 16.3. The number of aromatic amines is 1. The molecule has 0 fully saturated rings. The molecule has 6 nitrogen and oxygen atoms in total. The number of nitrogens with two attached hydrogens (primary N) is 1. The Labute approximate surface area is 79.8 Å². The molecule has 2 aromatic heterocycles. The van der Waals surface area contributed by atoms with Crippen molar-refractivity contribution < 1.29 is 5.11 Å². The van der Waals surface area contributed by atoms with Gasteiger partial charge in [0.2, 0.25) is 0 Å². The van der Waals surface area contributed by atoms with Crippen molar-refractivity contribution in [3.63, 3.8) is 0 Å². The Morgan fingerprint density at radius 2 is 2.21 bits per heavy atom. The summed E-state index contributed by atoms with van der Waals surface area (Å²) in [6.45, 7) is 0. The number of H-pyrrole nitrogens is 1. The minimum absolute atomic E-state index is 0.336. The summed E-state index contributed by atoms with van der Waals surface area (Å²) < 4.78 is 0. The van der Waals surface area contributed by atoms with Crippen LogP contribution in [0.5, 0.6) is 0 Å². The van der Waals surface area contributed by atoms with Crippen LogP contribution >= 0.6 is 0 Å². The molecule has 0 spiro atoms. The van der Waals surface area contributed by atoms with Gasteiger partial charge >= 0.3 is 0 Å². The minimum Gasteiger partial charge on any atom is -0.384 e. The normalized spacial score (nSPS) is 12.6. The van der Waals surface area contributed by atoms with E-state index in [0.29, 0.717) is 17.1 Å². The van der Waals surface area contributed by atoms with Crippen LogP contribution in [0.3, 0.4) is 0 Å². The van der Waals surface area contributed by atoms with Crippen molar-refractivity contribution in [3.8, 4) is 0 Å². The first-order chi connectivity index (χ1) is 6.79. The van der Waals surface area contributed by atoms with Crippen LogP contribution in [0, 0.1) is 0 Å². The maximum Gasteiger partial charge on any atom is 0.128 e. The predicted octanol–water partition coefficient (Wildman–Crippen LogP) is -0.136. The minimum atomic E-state index is -0.887. The number of rotatable bonds is 2. The molecule has 0 aliphatic carbocycles. The second-order valence-corrected chi connectivity index (χ2v) is 2.77. The Morgan fingerprint density at radius 1 is 1.36 bits per heavy atom. The van der Waals surface area contributed by atoms with E-state index in [-0.39, 0.29) is 0 Å². The third-order valence-corrected chi connectivity index (χ3v) is 1.86. The van der Waals surface area contributed by atoms with Crippen molar-refractivity contribution in [1.82, 2.24) is 20.2 Å². The van der Waals surface area contributed by atoms with Crippen molar-refractivity contribution in [2.24, 2.45) is 0 Å². The fourth-order valence-electron chi connectivity index (χ4n) is 1.13. The molecule has 1 unspecified atom stereocenters. The topological polar surface area (TPSA) is 101 Å². The largest absolute Gasteiger partial charge is 0.384 e. The third-order valence-electron chi connectivity index (χ3n) is 1.86. The third kappa shape index (κ3) is 1.42. The van der Waals surface area contributed by atoms with Gasteiger partial charge in [-0.05, 0) is 0 Å². The molecule has 2 rings (SSSR count). The Bertz CT molecular complexity index is 413. The lowest BCUT2D eigenvalue weighted by Gasteiger charge is -2.07. The molecular formula is C8H9N5O. The summed E-state index contributed by atoms with van der Waals surface area (Å²) in [6.07, 6.45) is 5.11. The van der Waals surface area contributed by atoms with E-state index in [1.54, 1.807) is 0 Å². The van der Waals surface area contributed by atoms with E-state index in [0.717, 1.165) is 0 Å². The summed E-state index contributed by atoms with van der Waals surface area (Å²) in [4.78, 5) is 7.82. The molecule has 0 amide bonds. The highest BCUT2D eigenvalue weighted by Gasteiger charge is 2.15. The molecule has 0 bridgehead atoms. The number of hydrogen-bond acceptors (Lipinski definition) is 5. The van der Waals surface area contributed by atoms with E-state index in [2.05, 4.69) is 20.2 Å². The zero-order valence-electron chi connectivity index (χ0n) is 7.25. The molecule has 72 valence electrons. The van der Waals surface area contributed by atoms with E-state index in [1.807, 2.05) is 0 Å². The lowest BCUT2D eigenvalue weighted by atomic mass is 10.1. The van der Waals surface area contributed by atoms with E-state index in [9.17, 15) is 5.11 Å². The predicted molar refractivity (Wildman–Crippen MR) is 49.1 cm³/mol. The van der Waals surface area contributed by atoms with Crippen molar-refractivity contribution in [3.05, 3.63) is 36.0 Å². The van der Waals surface area contributed by atoms with E-state index >= 15 is 0 Å². The SMILES string of the molecule is Nc1[nH]ncc1C(O)c1cnccn1. The van der Waals surface area contributed by atoms with Crippen LogP contribution in [-0.4, -0.2) is 25.3 Å². The molecule has 0 saturated heterocycles. The first kappa shape index (κ1) is 8.64. The zero-order valence-corrected chi connectivity index (χ0v) is 7.25. The number of anilines is 1. The van der Waals surface area contributed by atoms with Crippen LogP contribution in [-0.2, 0) is 0 Å². The van der Waals surface area contributed by atoms with Crippen molar-refractivity contribution in [2.45, 2.75) is 6.10 Å². The van der Waals surface area contributed by atoms with Crippen LogP contribution in [0.1, 0.15) is 17.4 Å². The molecule has 0 aliphatic heterocycles. The van der Waals surface area contributed by atoms with Crippen LogP contribution in [0.4, 0.5) is 5.82 Å². The summed E-state index contributed by atoms with van der Waals surface area (Å²) in [5.41, 5.74) is 6.50. The van der Waals surface area contributed by atoms with Gasteiger partial charge in [0.25, 0.3) is 0 Å². The molecule has 0 aromatic carbocycles. The number of aromatic nitrogens is 4. The zero-order chi connectivity index (χ0) is 9.97. The number of nitrogens with one attached hydrogen (secondary N) is 1. The van der Waals surface area contributed by atoms with Crippen LogP contribution in [0.15, 0.2) is 24.8 Å². The van der Waals surface area contributed by atoms with Crippen molar-refractivity contribution in [1.29, 1.82) is 0 Å². The number of nitrogens with zero attached hydrogens (tertiary/aromatic N) is 3. The average molecular weight is 191 g/mol. The smallest absolute Gasteiger partial charge is 0.128 e. The van der Waals surface area contributed by atoms with Gasteiger partial charge in [-0.25, -0.2) is 0 Å². The molecule has 6 heteroatoms. The van der Waals surface area contributed by atoms with Crippen molar-refractivity contribution >= 4 is 5.82 Å². The molecule has 2 heterocycles. The van der Waals surface area contributed by atoms with Gasteiger partial charge in [-0.3, -0.25) is 15.1 Å². The summed E-state index contributed by atoms with van der Waals surface area (Å²) >= 11 is 0. The lowest BCUT2D eigenvalue weighted by Crippen LogP contribution is -2.04. The van der Waals surface area contributed by atoms with Gasteiger partial charge in [0.05, 0.1) is 18.1 Å². The fourth-order valence-corrected chi connectivity index (χ4v) is 1.13. The Kier molecular flexibility index (Phi) is 2.11. The Balaban J connectivity index is 2.34. The monoisotopic (exact) mass is 191 g/mol. The molecular weight excluding hydrogens is 182 g/mol. The van der Waals surface area contributed by atoms with Crippen molar-refractivity contribution in [2.75, 3.05) is 5.73 Å². The Morgan fingerprint density at radius 3 is 2.79 bits per heavy atom. The highest BCUT2D eigenvalue weighted by molar-refractivity contribution is 5.41. The van der Waals surface area contributed by atoms with Gasteiger partial charge in [-0.15, -0.1) is 0 Å². The summed E-state index contributed by atoms with van der Waals surface area (Å²) in [5.74, 6) is 0.336. The standard InChI is InChI=1S/C8H9N5O/c9-8-5(3-12-13-8)7(14)6-4-10-1-2-11-6/h1-4,7,14H,(H3,9,12,13). The van der Waals surface area contributed by atoms with Gasteiger partial charge in [0.1, 0.15) is 11.9 Å². The maximum absolute atomic E-state index is 9.82. The second kappa shape index (κ2) is 3.43.